The maximum atomic E-state index is 12.7. The van der Waals surface area contributed by atoms with Crippen LogP contribution in [0.15, 0.2) is 109 Å². The SMILES string of the molecule is O=C(NC(=O)c1ccccc1OCc1ccccc1)NC(=O)c1ccccc1OCc1ccccc1. The summed E-state index contributed by atoms with van der Waals surface area (Å²) in [6.45, 7) is 0.519. The molecule has 0 unspecified atom stereocenters. The molecule has 0 atom stereocenters. The molecular formula is C29H24N2O5. The van der Waals surface area contributed by atoms with E-state index in [1.54, 1.807) is 36.4 Å². The third-order valence-electron chi connectivity index (χ3n) is 5.19. The molecule has 0 aliphatic heterocycles. The minimum absolute atomic E-state index is 0.169. The van der Waals surface area contributed by atoms with Crippen molar-refractivity contribution in [3.8, 4) is 11.5 Å². The van der Waals surface area contributed by atoms with Crippen molar-refractivity contribution in [1.29, 1.82) is 0 Å². The van der Waals surface area contributed by atoms with Crippen molar-refractivity contribution in [3.63, 3.8) is 0 Å². The normalized spacial score (nSPS) is 10.2. The van der Waals surface area contributed by atoms with Gasteiger partial charge in [0.05, 0.1) is 11.1 Å². The zero-order valence-electron chi connectivity index (χ0n) is 19.3. The van der Waals surface area contributed by atoms with Crippen LogP contribution >= 0.6 is 0 Å². The summed E-state index contributed by atoms with van der Waals surface area (Å²) in [6.07, 6.45) is 0. The highest BCUT2D eigenvalue weighted by Gasteiger charge is 2.19. The number of urea groups is 1. The van der Waals surface area contributed by atoms with Crippen molar-refractivity contribution in [2.75, 3.05) is 0 Å². The molecule has 2 N–H and O–H groups in total. The Morgan fingerprint density at radius 3 is 1.28 bits per heavy atom. The molecule has 4 rings (SSSR count). The highest BCUT2D eigenvalue weighted by Crippen LogP contribution is 2.21. The number of hydrogen-bond acceptors (Lipinski definition) is 5. The van der Waals surface area contributed by atoms with Crippen LogP contribution in [0.3, 0.4) is 0 Å². The summed E-state index contributed by atoms with van der Waals surface area (Å²) in [6, 6.07) is 31.2. The maximum absolute atomic E-state index is 12.7. The fourth-order valence-electron chi connectivity index (χ4n) is 3.40. The summed E-state index contributed by atoms with van der Waals surface area (Å²) in [5.41, 5.74) is 2.21. The van der Waals surface area contributed by atoms with Gasteiger partial charge in [-0.1, -0.05) is 84.9 Å². The van der Waals surface area contributed by atoms with Crippen LogP contribution in [0.2, 0.25) is 0 Å². The largest absolute Gasteiger partial charge is 0.488 e. The van der Waals surface area contributed by atoms with Gasteiger partial charge in [0.25, 0.3) is 11.8 Å². The molecule has 0 saturated heterocycles. The van der Waals surface area contributed by atoms with Crippen LogP contribution in [0, 0.1) is 0 Å². The highest BCUT2D eigenvalue weighted by molar-refractivity contribution is 6.12. The molecule has 0 spiro atoms. The average molecular weight is 481 g/mol. The molecule has 0 fully saturated rings. The molecule has 0 heterocycles. The lowest BCUT2D eigenvalue weighted by Gasteiger charge is -2.13. The smallest absolute Gasteiger partial charge is 0.328 e. The second-order valence-corrected chi connectivity index (χ2v) is 7.78. The van der Waals surface area contributed by atoms with Crippen molar-refractivity contribution in [2.24, 2.45) is 0 Å². The third kappa shape index (κ3) is 6.57. The summed E-state index contributed by atoms with van der Waals surface area (Å²) in [7, 11) is 0. The Balaban J connectivity index is 1.37. The van der Waals surface area contributed by atoms with E-state index in [9.17, 15) is 14.4 Å². The number of nitrogens with one attached hydrogen (secondary N) is 2. The van der Waals surface area contributed by atoms with Crippen LogP contribution in [0.5, 0.6) is 11.5 Å². The average Bonchev–Trinajstić information content (AvgIpc) is 2.92. The number of para-hydroxylation sites is 2. The number of carbonyl (C=O) groups is 3. The summed E-state index contributed by atoms with van der Waals surface area (Å²) in [5, 5.41) is 4.36. The fourth-order valence-corrected chi connectivity index (χ4v) is 3.40. The van der Waals surface area contributed by atoms with Crippen LogP contribution in [-0.4, -0.2) is 17.8 Å². The van der Waals surface area contributed by atoms with E-state index in [1.807, 2.05) is 60.7 Å². The topological polar surface area (TPSA) is 93.7 Å². The molecule has 0 aromatic heterocycles. The molecule has 4 aromatic rings. The number of imide groups is 2. The van der Waals surface area contributed by atoms with E-state index in [2.05, 4.69) is 10.6 Å². The van der Waals surface area contributed by atoms with Crippen LogP contribution < -0.4 is 20.1 Å². The van der Waals surface area contributed by atoms with Crippen LogP contribution in [0.1, 0.15) is 31.8 Å². The van der Waals surface area contributed by atoms with E-state index in [-0.39, 0.29) is 24.3 Å². The Kier molecular flexibility index (Phi) is 8.07. The standard InChI is InChI=1S/C29H24N2O5/c32-27(23-15-7-9-17-25(23)35-19-21-11-3-1-4-12-21)30-29(34)31-28(33)24-16-8-10-18-26(24)36-20-22-13-5-2-6-14-22/h1-18H,19-20H2,(H2,30,31,32,33,34). The second-order valence-electron chi connectivity index (χ2n) is 7.78. The lowest BCUT2D eigenvalue weighted by atomic mass is 10.1. The van der Waals surface area contributed by atoms with Gasteiger partial charge in [-0.3, -0.25) is 20.2 Å². The zero-order valence-corrected chi connectivity index (χ0v) is 19.3. The zero-order chi connectivity index (χ0) is 25.2. The quantitative estimate of drug-likeness (QED) is 0.365. The van der Waals surface area contributed by atoms with E-state index in [0.717, 1.165) is 11.1 Å². The Hall–Kier alpha value is -4.91. The number of amides is 4. The lowest BCUT2D eigenvalue weighted by molar-refractivity contribution is 0.0940. The lowest BCUT2D eigenvalue weighted by Crippen LogP contribution is -2.42. The van der Waals surface area contributed by atoms with E-state index in [0.29, 0.717) is 11.5 Å². The number of hydrogen-bond donors (Lipinski definition) is 2. The predicted molar refractivity (Wildman–Crippen MR) is 135 cm³/mol. The minimum Gasteiger partial charge on any atom is -0.488 e. The van der Waals surface area contributed by atoms with E-state index in [4.69, 9.17) is 9.47 Å². The van der Waals surface area contributed by atoms with Gasteiger partial charge in [-0.2, -0.15) is 0 Å². The number of ether oxygens (including phenoxy) is 2. The second kappa shape index (κ2) is 12.0. The Morgan fingerprint density at radius 2 is 0.861 bits per heavy atom. The van der Waals surface area contributed by atoms with Crippen molar-refractivity contribution >= 4 is 17.8 Å². The van der Waals surface area contributed by atoms with Gasteiger partial charge in [-0.25, -0.2) is 4.79 Å². The first kappa shape index (κ1) is 24.2. The molecule has 7 nitrogen and oxygen atoms in total. The van der Waals surface area contributed by atoms with E-state index < -0.39 is 17.8 Å². The van der Waals surface area contributed by atoms with E-state index >= 15 is 0 Å². The van der Waals surface area contributed by atoms with E-state index in [1.165, 1.54) is 12.1 Å². The summed E-state index contributed by atoms with van der Waals surface area (Å²) >= 11 is 0. The van der Waals surface area contributed by atoms with Gasteiger partial charge in [0.2, 0.25) is 0 Å². The Labute approximate surface area is 208 Å². The molecule has 7 heteroatoms. The molecular weight excluding hydrogens is 456 g/mol. The van der Waals surface area contributed by atoms with Crippen molar-refractivity contribution in [3.05, 3.63) is 131 Å². The molecule has 180 valence electrons. The van der Waals surface area contributed by atoms with Gasteiger partial charge in [-0.05, 0) is 35.4 Å². The molecule has 0 aliphatic carbocycles. The molecule has 0 saturated carbocycles. The summed E-state index contributed by atoms with van der Waals surface area (Å²) in [5.74, 6) is -0.759. The number of carbonyl (C=O) groups excluding carboxylic acids is 3. The van der Waals surface area contributed by atoms with Crippen molar-refractivity contribution in [1.82, 2.24) is 10.6 Å². The fraction of sp³-hybridized carbons (Fsp3) is 0.0690. The third-order valence-corrected chi connectivity index (χ3v) is 5.19. The molecule has 4 aromatic carbocycles. The van der Waals surface area contributed by atoms with Gasteiger partial charge >= 0.3 is 6.03 Å². The van der Waals surface area contributed by atoms with Gasteiger partial charge < -0.3 is 9.47 Å². The Bertz CT molecular complexity index is 1240. The Morgan fingerprint density at radius 1 is 0.500 bits per heavy atom. The summed E-state index contributed by atoms with van der Waals surface area (Å²) < 4.78 is 11.6. The molecule has 0 bridgehead atoms. The maximum Gasteiger partial charge on any atom is 0.328 e. The molecule has 4 amide bonds. The van der Waals surface area contributed by atoms with Crippen molar-refractivity contribution in [2.45, 2.75) is 13.2 Å². The minimum atomic E-state index is -0.958. The highest BCUT2D eigenvalue weighted by atomic mass is 16.5. The first-order valence-electron chi connectivity index (χ1n) is 11.3. The molecule has 0 aliphatic rings. The number of benzene rings is 4. The van der Waals surface area contributed by atoms with Gasteiger partial charge in [-0.15, -0.1) is 0 Å². The predicted octanol–water partition coefficient (Wildman–Crippen LogP) is 5.12. The monoisotopic (exact) mass is 480 g/mol. The van der Waals surface area contributed by atoms with Crippen LogP contribution in [-0.2, 0) is 13.2 Å². The van der Waals surface area contributed by atoms with Gasteiger partial charge in [0.1, 0.15) is 24.7 Å². The molecule has 36 heavy (non-hydrogen) atoms. The molecule has 0 radical (unpaired) electrons. The summed E-state index contributed by atoms with van der Waals surface area (Å²) in [4.78, 5) is 37.9. The van der Waals surface area contributed by atoms with Crippen LogP contribution in [0.4, 0.5) is 4.79 Å². The van der Waals surface area contributed by atoms with Crippen LogP contribution in [0.25, 0.3) is 0 Å². The number of rotatable bonds is 8. The van der Waals surface area contributed by atoms with Crippen molar-refractivity contribution < 1.29 is 23.9 Å². The first-order chi connectivity index (χ1) is 17.6. The first-order valence-corrected chi connectivity index (χ1v) is 11.3. The van der Waals surface area contributed by atoms with Gasteiger partial charge in [0.15, 0.2) is 0 Å². The van der Waals surface area contributed by atoms with Gasteiger partial charge in [0, 0.05) is 0 Å².